The number of carbonyl (C=O) groups excluding carboxylic acids is 1. The maximum Gasteiger partial charge on any atom is 0.308 e. The Morgan fingerprint density at radius 1 is 1.69 bits per heavy atom. The minimum atomic E-state index is -0.933. The van der Waals surface area contributed by atoms with Crippen LogP contribution in [0.15, 0.2) is 0 Å². The number of aliphatic hydroxyl groups is 1. The molecule has 0 bridgehead atoms. The molecule has 1 aliphatic rings. The van der Waals surface area contributed by atoms with Crippen LogP contribution < -0.4 is 0 Å². The van der Waals surface area contributed by atoms with E-state index in [0.717, 1.165) is 5.75 Å². The summed E-state index contributed by atoms with van der Waals surface area (Å²) >= 11 is 1.65. The summed E-state index contributed by atoms with van der Waals surface area (Å²) in [5.41, 5.74) is 0. The van der Waals surface area contributed by atoms with E-state index < -0.39 is 11.9 Å². The van der Waals surface area contributed by atoms with Gasteiger partial charge in [0.25, 0.3) is 0 Å². The first-order chi connectivity index (χ1) is 7.60. The van der Waals surface area contributed by atoms with Gasteiger partial charge in [0.1, 0.15) is 0 Å². The predicted molar refractivity (Wildman–Crippen MR) is 61.3 cm³/mol. The van der Waals surface area contributed by atoms with Gasteiger partial charge in [-0.05, 0) is 18.4 Å². The molecule has 1 aliphatic heterocycles. The van der Waals surface area contributed by atoms with Gasteiger partial charge in [0.15, 0.2) is 0 Å². The number of aliphatic hydroxyl groups excluding tert-OH is 1. The number of aliphatic carboxylic acids is 1. The lowest BCUT2D eigenvalue weighted by Crippen LogP contribution is -2.39. The Morgan fingerprint density at radius 2 is 2.38 bits per heavy atom. The Labute approximate surface area is 98.8 Å². The molecular weight excluding hydrogens is 230 g/mol. The van der Waals surface area contributed by atoms with Crippen LogP contribution in [0.2, 0.25) is 0 Å². The number of hydrogen-bond donors (Lipinski definition) is 2. The summed E-state index contributed by atoms with van der Waals surface area (Å²) in [7, 11) is 0. The zero-order valence-electron chi connectivity index (χ0n) is 9.26. The van der Waals surface area contributed by atoms with Crippen molar-refractivity contribution in [3.63, 3.8) is 0 Å². The van der Waals surface area contributed by atoms with Gasteiger partial charge in [0.2, 0.25) is 5.91 Å². The van der Waals surface area contributed by atoms with Gasteiger partial charge in [0.05, 0.1) is 18.6 Å². The molecule has 1 amide bonds. The third kappa shape index (κ3) is 3.12. The second kappa shape index (κ2) is 6.10. The summed E-state index contributed by atoms with van der Waals surface area (Å²) in [5, 5.41) is 18.0. The highest BCUT2D eigenvalue weighted by molar-refractivity contribution is 7.98. The SMILES string of the molecule is CSCCC(CO)N1CC(C(=O)O)CC1=O. The fourth-order valence-corrected chi connectivity index (χ4v) is 2.36. The highest BCUT2D eigenvalue weighted by Crippen LogP contribution is 2.22. The molecule has 5 nitrogen and oxygen atoms in total. The third-order valence-corrected chi connectivity index (χ3v) is 3.46. The van der Waals surface area contributed by atoms with Crippen LogP contribution in [0.3, 0.4) is 0 Å². The molecule has 1 fully saturated rings. The molecule has 2 unspecified atom stereocenters. The van der Waals surface area contributed by atoms with Crippen LogP contribution in [0.1, 0.15) is 12.8 Å². The molecule has 0 aromatic heterocycles. The smallest absolute Gasteiger partial charge is 0.308 e. The molecule has 6 heteroatoms. The lowest BCUT2D eigenvalue weighted by Gasteiger charge is -2.26. The van der Waals surface area contributed by atoms with Crippen molar-refractivity contribution in [1.82, 2.24) is 4.90 Å². The Bertz CT molecular complexity index is 272. The maximum atomic E-state index is 11.6. The van der Waals surface area contributed by atoms with Gasteiger partial charge in [-0.1, -0.05) is 0 Å². The topological polar surface area (TPSA) is 77.8 Å². The number of nitrogens with zero attached hydrogens (tertiary/aromatic N) is 1. The van der Waals surface area contributed by atoms with E-state index in [-0.39, 0.29) is 31.5 Å². The molecule has 1 heterocycles. The van der Waals surface area contributed by atoms with E-state index in [1.807, 2.05) is 6.26 Å². The minimum Gasteiger partial charge on any atom is -0.481 e. The van der Waals surface area contributed by atoms with E-state index in [2.05, 4.69) is 0 Å². The minimum absolute atomic E-state index is 0.0606. The molecule has 0 radical (unpaired) electrons. The average Bonchev–Trinajstić information content (AvgIpc) is 2.62. The van der Waals surface area contributed by atoms with Crippen LogP contribution in [0, 0.1) is 5.92 Å². The molecule has 2 atom stereocenters. The number of rotatable bonds is 6. The second-order valence-electron chi connectivity index (χ2n) is 3.90. The molecule has 0 spiro atoms. The van der Waals surface area contributed by atoms with Gasteiger partial charge >= 0.3 is 5.97 Å². The van der Waals surface area contributed by atoms with E-state index in [9.17, 15) is 14.7 Å². The fourth-order valence-electron chi connectivity index (χ4n) is 1.85. The Hall–Kier alpha value is -0.750. The first-order valence-electron chi connectivity index (χ1n) is 5.22. The third-order valence-electron chi connectivity index (χ3n) is 2.81. The molecular formula is C10H17NO4S. The molecule has 0 aromatic carbocycles. The summed E-state index contributed by atoms with van der Waals surface area (Å²) < 4.78 is 0. The van der Waals surface area contributed by atoms with Crippen molar-refractivity contribution in [3.8, 4) is 0 Å². The number of carboxylic acid groups (broad SMARTS) is 1. The summed E-state index contributed by atoms with van der Waals surface area (Å²) in [5.74, 6) is -0.854. The molecule has 16 heavy (non-hydrogen) atoms. The number of carboxylic acids is 1. The zero-order chi connectivity index (χ0) is 12.1. The van der Waals surface area contributed by atoms with Gasteiger partial charge in [-0.25, -0.2) is 0 Å². The Balaban J connectivity index is 2.57. The number of hydrogen-bond acceptors (Lipinski definition) is 4. The number of thioether (sulfide) groups is 1. The number of likely N-dealkylation sites (tertiary alicyclic amines) is 1. The molecule has 0 saturated carbocycles. The van der Waals surface area contributed by atoms with E-state index in [4.69, 9.17) is 5.11 Å². The van der Waals surface area contributed by atoms with Crippen molar-refractivity contribution >= 4 is 23.6 Å². The van der Waals surface area contributed by atoms with Crippen LogP contribution in [-0.4, -0.2) is 58.2 Å². The van der Waals surface area contributed by atoms with Crippen molar-refractivity contribution in [3.05, 3.63) is 0 Å². The fraction of sp³-hybridized carbons (Fsp3) is 0.800. The zero-order valence-corrected chi connectivity index (χ0v) is 10.1. The second-order valence-corrected chi connectivity index (χ2v) is 4.89. The van der Waals surface area contributed by atoms with Crippen LogP contribution >= 0.6 is 11.8 Å². The molecule has 0 aliphatic carbocycles. The quantitative estimate of drug-likeness (QED) is 0.692. The first kappa shape index (κ1) is 13.3. The van der Waals surface area contributed by atoms with Crippen molar-refractivity contribution in [1.29, 1.82) is 0 Å². The molecule has 92 valence electrons. The summed E-state index contributed by atoms with van der Waals surface area (Å²) in [6.07, 6.45) is 2.72. The number of carbonyl (C=O) groups is 2. The number of amides is 1. The van der Waals surface area contributed by atoms with E-state index >= 15 is 0 Å². The maximum absolute atomic E-state index is 11.6. The highest BCUT2D eigenvalue weighted by atomic mass is 32.2. The molecule has 1 rings (SSSR count). The van der Waals surface area contributed by atoms with Gasteiger partial charge in [0, 0.05) is 13.0 Å². The lowest BCUT2D eigenvalue weighted by atomic mass is 10.1. The highest BCUT2D eigenvalue weighted by Gasteiger charge is 2.37. The van der Waals surface area contributed by atoms with Crippen molar-refractivity contribution in [2.75, 3.05) is 25.2 Å². The molecule has 0 aromatic rings. The van der Waals surface area contributed by atoms with E-state index in [1.165, 1.54) is 4.90 Å². The van der Waals surface area contributed by atoms with E-state index in [1.54, 1.807) is 11.8 Å². The van der Waals surface area contributed by atoms with Crippen LogP contribution in [0.25, 0.3) is 0 Å². The molecule has 1 saturated heterocycles. The monoisotopic (exact) mass is 247 g/mol. The van der Waals surface area contributed by atoms with Crippen molar-refractivity contribution in [2.45, 2.75) is 18.9 Å². The van der Waals surface area contributed by atoms with Gasteiger partial charge in [-0.2, -0.15) is 11.8 Å². The van der Waals surface area contributed by atoms with Crippen molar-refractivity contribution in [2.24, 2.45) is 5.92 Å². The summed E-state index contributed by atoms with van der Waals surface area (Å²) in [6.45, 7) is 0.131. The average molecular weight is 247 g/mol. The largest absolute Gasteiger partial charge is 0.481 e. The van der Waals surface area contributed by atoms with Crippen LogP contribution in [0.4, 0.5) is 0 Å². The van der Waals surface area contributed by atoms with E-state index in [0.29, 0.717) is 6.42 Å². The Kier molecular flexibility index (Phi) is 5.08. The normalized spacial score (nSPS) is 22.5. The van der Waals surface area contributed by atoms with Gasteiger partial charge in [-0.3, -0.25) is 9.59 Å². The summed E-state index contributed by atoms with van der Waals surface area (Å²) in [6, 6.07) is -0.232. The van der Waals surface area contributed by atoms with Gasteiger partial charge in [-0.15, -0.1) is 0 Å². The van der Waals surface area contributed by atoms with Crippen LogP contribution in [-0.2, 0) is 9.59 Å². The lowest BCUT2D eigenvalue weighted by molar-refractivity contribution is -0.141. The van der Waals surface area contributed by atoms with Gasteiger partial charge < -0.3 is 15.1 Å². The first-order valence-corrected chi connectivity index (χ1v) is 6.61. The summed E-state index contributed by atoms with van der Waals surface area (Å²) in [4.78, 5) is 23.9. The predicted octanol–water partition coefficient (Wildman–Crippen LogP) is 0.0335. The van der Waals surface area contributed by atoms with Crippen molar-refractivity contribution < 1.29 is 19.8 Å². The van der Waals surface area contributed by atoms with Crippen LogP contribution in [0.5, 0.6) is 0 Å². The Morgan fingerprint density at radius 3 is 2.81 bits per heavy atom. The standard InChI is InChI=1S/C10H17NO4S/c1-16-3-2-8(6-12)11-5-7(10(14)15)4-9(11)13/h7-8,12H,2-6H2,1H3,(H,14,15). The molecule has 2 N–H and O–H groups in total.